The van der Waals surface area contributed by atoms with Crippen molar-refractivity contribution in [2.45, 2.75) is 37.8 Å². The molecule has 0 aromatic carbocycles. The van der Waals surface area contributed by atoms with Crippen LogP contribution in [0.5, 0.6) is 0 Å². The average molecular weight is 145 g/mol. The van der Waals surface area contributed by atoms with E-state index in [1.165, 1.54) is 0 Å². The van der Waals surface area contributed by atoms with Gasteiger partial charge in [0.25, 0.3) is 0 Å². The SMILES string of the molecule is CC[C@H]1O[C@@H](N)[C@@H](N)[C@H]1N. The Balaban J connectivity index is 2.53. The van der Waals surface area contributed by atoms with Crippen LogP contribution in [0.4, 0.5) is 0 Å². The second kappa shape index (κ2) is 2.84. The third-order valence-electron chi connectivity index (χ3n) is 1.99. The lowest BCUT2D eigenvalue weighted by Crippen LogP contribution is -2.48. The molecule has 4 atom stereocenters. The van der Waals surface area contributed by atoms with E-state index in [9.17, 15) is 0 Å². The third-order valence-corrected chi connectivity index (χ3v) is 1.99. The smallest absolute Gasteiger partial charge is 0.122 e. The number of nitrogens with two attached hydrogens (primary N) is 3. The molecule has 0 bridgehead atoms. The maximum Gasteiger partial charge on any atom is 0.122 e. The van der Waals surface area contributed by atoms with Crippen LogP contribution in [0.2, 0.25) is 0 Å². The minimum absolute atomic E-state index is 0.0463. The van der Waals surface area contributed by atoms with Crippen molar-refractivity contribution < 1.29 is 4.74 Å². The van der Waals surface area contributed by atoms with Crippen LogP contribution in [0.25, 0.3) is 0 Å². The molecular formula is C6H15N3O. The van der Waals surface area contributed by atoms with Crippen LogP contribution in [0.3, 0.4) is 0 Å². The second-order valence-corrected chi connectivity index (χ2v) is 2.70. The first-order valence-corrected chi connectivity index (χ1v) is 3.59. The molecule has 0 radical (unpaired) electrons. The highest BCUT2D eigenvalue weighted by molar-refractivity contribution is 4.93. The zero-order valence-corrected chi connectivity index (χ0v) is 6.16. The van der Waals surface area contributed by atoms with E-state index in [-0.39, 0.29) is 24.4 Å². The summed E-state index contributed by atoms with van der Waals surface area (Å²) in [5.41, 5.74) is 16.8. The van der Waals surface area contributed by atoms with Gasteiger partial charge in [0.2, 0.25) is 0 Å². The topological polar surface area (TPSA) is 87.3 Å². The van der Waals surface area contributed by atoms with Crippen LogP contribution in [0.1, 0.15) is 13.3 Å². The first kappa shape index (κ1) is 7.94. The Labute approximate surface area is 60.7 Å². The van der Waals surface area contributed by atoms with E-state index in [2.05, 4.69) is 0 Å². The zero-order chi connectivity index (χ0) is 7.72. The van der Waals surface area contributed by atoms with Gasteiger partial charge < -0.3 is 21.9 Å². The van der Waals surface area contributed by atoms with Crippen molar-refractivity contribution in [3.63, 3.8) is 0 Å². The molecule has 0 aliphatic carbocycles. The van der Waals surface area contributed by atoms with Crippen molar-refractivity contribution in [3.05, 3.63) is 0 Å². The first-order chi connectivity index (χ1) is 4.66. The predicted octanol–water partition coefficient (Wildman–Crippen LogP) is -1.27. The van der Waals surface area contributed by atoms with Gasteiger partial charge in [0.05, 0.1) is 12.1 Å². The summed E-state index contributed by atoms with van der Waals surface area (Å²) in [6, 6.07) is -0.301. The van der Waals surface area contributed by atoms with Crippen molar-refractivity contribution in [3.8, 4) is 0 Å². The van der Waals surface area contributed by atoms with Crippen LogP contribution in [-0.2, 0) is 4.74 Å². The van der Waals surface area contributed by atoms with Crippen molar-refractivity contribution in [2.24, 2.45) is 17.2 Å². The Kier molecular flexibility index (Phi) is 2.25. The molecule has 1 rings (SSSR count). The fourth-order valence-electron chi connectivity index (χ4n) is 1.22. The molecule has 0 saturated carbocycles. The summed E-state index contributed by atoms with van der Waals surface area (Å²) in [6.07, 6.45) is 0.549. The summed E-state index contributed by atoms with van der Waals surface area (Å²) in [4.78, 5) is 0. The van der Waals surface area contributed by atoms with Crippen molar-refractivity contribution >= 4 is 0 Å². The molecule has 0 aromatic rings. The Morgan fingerprint density at radius 1 is 1.20 bits per heavy atom. The lowest BCUT2D eigenvalue weighted by molar-refractivity contribution is 0.0409. The van der Waals surface area contributed by atoms with Gasteiger partial charge in [-0.3, -0.25) is 0 Å². The second-order valence-electron chi connectivity index (χ2n) is 2.70. The number of hydrogen-bond acceptors (Lipinski definition) is 4. The monoisotopic (exact) mass is 145 g/mol. The molecule has 60 valence electrons. The van der Waals surface area contributed by atoms with Crippen molar-refractivity contribution in [1.29, 1.82) is 0 Å². The van der Waals surface area contributed by atoms with Gasteiger partial charge in [0, 0.05) is 6.04 Å². The molecule has 10 heavy (non-hydrogen) atoms. The van der Waals surface area contributed by atoms with Crippen LogP contribution >= 0.6 is 0 Å². The highest BCUT2D eigenvalue weighted by Crippen LogP contribution is 2.16. The summed E-state index contributed by atoms with van der Waals surface area (Å²) in [6.45, 7) is 2.01. The molecular weight excluding hydrogens is 130 g/mol. The largest absolute Gasteiger partial charge is 0.357 e. The fourth-order valence-corrected chi connectivity index (χ4v) is 1.22. The van der Waals surface area contributed by atoms with Gasteiger partial charge in [-0.25, -0.2) is 0 Å². The maximum absolute atomic E-state index is 5.69. The van der Waals surface area contributed by atoms with E-state index in [1.807, 2.05) is 6.92 Å². The predicted molar refractivity (Wildman–Crippen MR) is 39.1 cm³/mol. The van der Waals surface area contributed by atoms with Crippen LogP contribution in [-0.4, -0.2) is 24.4 Å². The zero-order valence-electron chi connectivity index (χ0n) is 6.16. The van der Waals surface area contributed by atoms with E-state index >= 15 is 0 Å². The average Bonchev–Trinajstić information content (AvgIpc) is 2.17. The Morgan fingerprint density at radius 3 is 2.00 bits per heavy atom. The van der Waals surface area contributed by atoms with Gasteiger partial charge in [0.15, 0.2) is 0 Å². The quantitative estimate of drug-likeness (QED) is 0.429. The Hall–Kier alpha value is -0.160. The van der Waals surface area contributed by atoms with Crippen molar-refractivity contribution in [1.82, 2.24) is 0 Å². The Morgan fingerprint density at radius 2 is 1.80 bits per heavy atom. The summed E-state index contributed by atoms with van der Waals surface area (Å²) >= 11 is 0. The summed E-state index contributed by atoms with van der Waals surface area (Å²) < 4.78 is 5.26. The molecule has 0 aromatic heterocycles. The third kappa shape index (κ3) is 1.15. The minimum Gasteiger partial charge on any atom is -0.357 e. The number of hydrogen-bond donors (Lipinski definition) is 3. The van der Waals surface area contributed by atoms with Gasteiger partial charge in [0.1, 0.15) is 6.23 Å². The van der Waals surface area contributed by atoms with Crippen molar-refractivity contribution in [2.75, 3.05) is 0 Å². The van der Waals surface area contributed by atoms with E-state index in [0.29, 0.717) is 0 Å². The molecule has 1 fully saturated rings. The first-order valence-electron chi connectivity index (χ1n) is 3.59. The van der Waals surface area contributed by atoms with Gasteiger partial charge in [-0.2, -0.15) is 0 Å². The molecule has 0 amide bonds. The Bertz CT molecular complexity index is 120. The van der Waals surface area contributed by atoms with Gasteiger partial charge in [-0.15, -0.1) is 0 Å². The molecule has 4 nitrogen and oxygen atoms in total. The van der Waals surface area contributed by atoms with E-state index in [4.69, 9.17) is 21.9 Å². The van der Waals surface area contributed by atoms with E-state index in [1.54, 1.807) is 0 Å². The highest BCUT2D eigenvalue weighted by atomic mass is 16.5. The van der Waals surface area contributed by atoms with Crippen LogP contribution in [0.15, 0.2) is 0 Å². The normalized spacial score (nSPS) is 48.0. The number of ether oxygens (including phenoxy) is 1. The minimum atomic E-state index is -0.375. The molecule has 0 spiro atoms. The van der Waals surface area contributed by atoms with Gasteiger partial charge in [-0.05, 0) is 6.42 Å². The van der Waals surface area contributed by atoms with Crippen LogP contribution in [0, 0.1) is 0 Å². The van der Waals surface area contributed by atoms with E-state index < -0.39 is 0 Å². The van der Waals surface area contributed by atoms with Crippen LogP contribution < -0.4 is 17.2 Å². The molecule has 6 N–H and O–H groups in total. The lowest BCUT2D eigenvalue weighted by atomic mass is 10.1. The number of rotatable bonds is 1. The summed E-state index contributed by atoms with van der Waals surface area (Å²) in [7, 11) is 0. The fraction of sp³-hybridized carbons (Fsp3) is 1.00. The molecule has 1 aliphatic rings. The lowest BCUT2D eigenvalue weighted by Gasteiger charge is -2.12. The molecule has 0 unspecified atom stereocenters. The van der Waals surface area contributed by atoms with E-state index in [0.717, 1.165) is 6.42 Å². The standard InChI is InChI=1S/C6H15N3O/c1-2-3-4(7)5(8)6(9)10-3/h3-6H,2,7-9H2,1H3/t3-,4+,5+,6-/m1/s1. The van der Waals surface area contributed by atoms with Gasteiger partial charge in [-0.1, -0.05) is 6.92 Å². The molecule has 1 heterocycles. The van der Waals surface area contributed by atoms with Gasteiger partial charge >= 0.3 is 0 Å². The molecule has 4 heteroatoms. The maximum atomic E-state index is 5.69. The molecule has 1 saturated heterocycles. The highest BCUT2D eigenvalue weighted by Gasteiger charge is 2.36. The molecule has 1 aliphatic heterocycles. The summed E-state index contributed by atoms with van der Waals surface area (Å²) in [5.74, 6) is 0. The summed E-state index contributed by atoms with van der Waals surface area (Å²) in [5, 5.41) is 0.